The fourth-order valence-corrected chi connectivity index (χ4v) is 3.96. The van der Waals surface area contributed by atoms with Gasteiger partial charge in [0.1, 0.15) is 17.2 Å². The summed E-state index contributed by atoms with van der Waals surface area (Å²) in [4.78, 5) is 0. The second-order valence-electron chi connectivity index (χ2n) is 5.71. The van der Waals surface area contributed by atoms with Crippen molar-refractivity contribution >= 4 is 11.8 Å². The van der Waals surface area contributed by atoms with Crippen molar-refractivity contribution in [2.75, 3.05) is 18.6 Å². The van der Waals surface area contributed by atoms with E-state index in [1.807, 2.05) is 0 Å². The van der Waals surface area contributed by atoms with E-state index in [0.29, 0.717) is 23.5 Å². The summed E-state index contributed by atoms with van der Waals surface area (Å²) in [6, 6.07) is 4.32. The summed E-state index contributed by atoms with van der Waals surface area (Å²) < 4.78 is 18.7. The van der Waals surface area contributed by atoms with Crippen molar-refractivity contribution in [3.63, 3.8) is 0 Å². The van der Waals surface area contributed by atoms with Gasteiger partial charge in [0.25, 0.3) is 0 Å². The fraction of sp³-hybridized carbons (Fsp3) is 0.571. The quantitative estimate of drug-likeness (QED) is 0.895. The average molecular weight is 270 g/mol. The van der Waals surface area contributed by atoms with E-state index in [-0.39, 0.29) is 11.2 Å². The topological polar surface area (TPSA) is 29.5 Å². The third-order valence-electron chi connectivity index (χ3n) is 3.27. The Morgan fingerprint density at radius 3 is 2.67 bits per heavy atom. The number of benzene rings is 1. The van der Waals surface area contributed by atoms with Crippen molar-refractivity contribution in [1.29, 1.82) is 0 Å². The molecule has 0 aliphatic carbocycles. The molecule has 1 unspecified atom stereocenters. The fourth-order valence-electron chi connectivity index (χ4n) is 2.61. The number of rotatable bonds is 2. The minimum Gasteiger partial charge on any atom is -0.496 e. The van der Waals surface area contributed by atoms with Gasteiger partial charge in [0, 0.05) is 11.3 Å². The third-order valence-corrected chi connectivity index (χ3v) is 4.93. The molecule has 1 aliphatic heterocycles. The molecule has 0 radical (unpaired) electrons. The Bertz CT molecular complexity index is 447. The lowest BCUT2D eigenvalue weighted by Crippen LogP contribution is -2.40. The molecule has 0 aromatic heterocycles. The molecule has 1 aromatic rings. The van der Waals surface area contributed by atoms with Gasteiger partial charge in [-0.15, -0.1) is 0 Å². The first kappa shape index (κ1) is 13.7. The zero-order valence-corrected chi connectivity index (χ0v) is 11.8. The predicted octanol–water partition coefficient (Wildman–Crippen LogP) is 3.19. The Morgan fingerprint density at radius 1 is 1.33 bits per heavy atom. The van der Waals surface area contributed by atoms with Crippen LogP contribution in [0.5, 0.6) is 5.75 Å². The average Bonchev–Trinajstić information content (AvgIpc) is 2.27. The minimum atomic E-state index is -1.01. The van der Waals surface area contributed by atoms with Gasteiger partial charge in [0.15, 0.2) is 0 Å². The lowest BCUT2D eigenvalue weighted by molar-refractivity contribution is 0.0134. The van der Waals surface area contributed by atoms with E-state index in [4.69, 9.17) is 4.74 Å². The van der Waals surface area contributed by atoms with E-state index >= 15 is 0 Å². The van der Waals surface area contributed by atoms with E-state index in [0.717, 1.165) is 5.75 Å². The van der Waals surface area contributed by atoms with Crippen molar-refractivity contribution in [3.8, 4) is 5.75 Å². The molecule has 1 saturated heterocycles. The largest absolute Gasteiger partial charge is 0.496 e. The predicted molar refractivity (Wildman–Crippen MR) is 72.6 cm³/mol. The van der Waals surface area contributed by atoms with Gasteiger partial charge in [-0.3, -0.25) is 0 Å². The molecule has 18 heavy (non-hydrogen) atoms. The van der Waals surface area contributed by atoms with Crippen LogP contribution in [-0.2, 0) is 5.60 Å². The molecule has 1 aliphatic rings. The molecule has 0 bridgehead atoms. The Balaban J connectivity index is 2.43. The standard InChI is InChI=1S/C14H19FO2S/c1-13(2)7-14(16,9-18-8-13)11-6-10(15)4-5-12(11)17-3/h4-6,16H,7-9H2,1-3H3. The lowest BCUT2D eigenvalue weighted by atomic mass is 9.78. The maximum Gasteiger partial charge on any atom is 0.125 e. The van der Waals surface area contributed by atoms with Crippen LogP contribution in [0.15, 0.2) is 18.2 Å². The molecular weight excluding hydrogens is 251 g/mol. The molecule has 0 spiro atoms. The van der Waals surface area contributed by atoms with Crippen LogP contribution in [0.1, 0.15) is 25.8 Å². The zero-order valence-electron chi connectivity index (χ0n) is 11.0. The molecule has 0 saturated carbocycles. The first-order valence-corrected chi connectivity index (χ1v) is 7.16. The Kier molecular flexibility index (Phi) is 3.60. The summed E-state index contributed by atoms with van der Waals surface area (Å²) in [6.45, 7) is 4.24. The van der Waals surface area contributed by atoms with Gasteiger partial charge in [-0.1, -0.05) is 13.8 Å². The lowest BCUT2D eigenvalue weighted by Gasteiger charge is -2.41. The molecule has 100 valence electrons. The molecule has 2 rings (SSSR count). The van der Waals surface area contributed by atoms with Gasteiger partial charge in [-0.25, -0.2) is 4.39 Å². The molecule has 0 amide bonds. The van der Waals surface area contributed by atoms with Crippen LogP contribution in [-0.4, -0.2) is 23.7 Å². The highest BCUT2D eigenvalue weighted by molar-refractivity contribution is 7.99. The van der Waals surface area contributed by atoms with Crippen LogP contribution in [0.3, 0.4) is 0 Å². The molecule has 1 atom stereocenters. The number of halogens is 1. The third kappa shape index (κ3) is 2.64. The normalized spacial score (nSPS) is 26.9. The van der Waals surface area contributed by atoms with Crippen LogP contribution in [0.4, 0.5) is 4.39 Å². The van der Waals surface area contributed by atoms with E-state index in [1.54, 1.807) is 24.9 Å². The molecular formula is C14H19FO2S. The maximum atomic E-state index is 13.4. The van der Waals surface area contributed by atoms with Crippen molar-refractivity contribution < 1.29 is 14.2 Å². The first-order chi connectivity index (χ1) is 8.36. The summed E-state index contributed by atoms with van der Waals surface area (Å²) >= 11 is 1.70. The van der Waals surface area contributed by atoms with Gasteiger partial charge in [-0.05, 0) is 35.8 Å². The maximum absolute atomic E-state index is 13.4. The number of ether oxygens (including phenoxy) is 1. The summed E-state index contributed by atoms with van der Waals surface area (Å²) in [5, 5.41) is 10.8. The number of aliphatic hydroxyl groups is 1. The monoisotopic (exact) mass is 270 g/mol. The van der Waals surface area contributed by atoms with Crippen LogP contribution in [0.2, 0.25) is 0 Å². The molecule has 2 nitrogen and oxygen atoms in total. The summed E-state index contributed by atoms with van der Waals surface area (Å²) in [6.07, 6.45) is 0.618. The van der Waals surface area contributed by atoms with E-state index in [1.165, 1.54) is 12.1 Å². The van der Waals surface area contributed by atoms with Gasteiger partial charge >= 0.3 is 0 Å². The zero-order chi connectivity index (χ0) is 13.4. The number of hydrogen-bond acceptors (Lipinski definition) is 3. The summed E-state index contributed by atoms with van der Waals surface area (Å²) in [5.41, 5.74) is -0.417. The smallest absolute Gasteiger partial charge is 0.125 e. The highest BCUT2D eigenvalue weighted by atomic mass is 32.2. The van der Waals surface area contributed by atoms with Crippen molar-refractivity contribution in [2.24, 2.45) is 5.41 Å². The SMILES string of the molecule is COc1ccc(F)cc1C1(O)CSCC(C)(C)C1. The first-order valence-electron chi connectivity index (χ1n) is 6.00. The minimum absolute atomic E-state index is 0.0367. The Hall–Kier alpha value is -0.740. The summed E-state index contributed by atoms with van der Waals surface area (Å²) in [7, 11) is 1.54. The van der Waals surface area contributed by atoms with Crippen molar-refractivity contribution in [2.45, 2.75) is 25.9 Å². The number of thioether (sulfide) groups is 1. The molecule has 1 fully saturated rings. The van der Waals surface area contributed by atoms with Gasteiger partial charge in [-0.2, -0.15) is 11.8 Å². The highest BCUT2D eigenvalue weighted by Crippen LogP contribution is 2.46. The summed E-state index contributed by atoms with van der Waals surface area (Å²) in [5.74, 6) is 1.80. The molecule has 1 aromatic carbocycles. The Labute approximate surface area is 112 Å². The molecule has 1 heterocycles. The number of methoxy groups -OCH3 is 1. The molecule has 4 heteroatoms. The molecule has 1 N–H and O–H groups in total. The van der Waals surface area contributed by atoms with Crippen LogP contribution < -0.4 is 4.74 Å². The van der Waals surface area contributed by atoms with E-state index < -0.39 is 5.60 Å². The Morgan fingerprint density at radius 2 is 2.06 bits per heavy atom. The van der Waals surface area contributed by atoms with Gasteiger partial charge in [0.2, 0.25) is 0 Å². The van der Waals surface area contributed by atoms with Crippen LogP contribution >= 0.6 is 11.8 Å². The second-order valence-corrected chi connectivity index (χ2v) is 6.70. The van der Waals surface area contributed by atoms with E-state index in [9.17, 15) is 9.50 Å². The van der Waals surface area contributed by atoms with Crippen LogP contribution in [0.25, 0.3) is 0 Å². The van der Waals surface area contributed by atoms with Gasteiger partial charge in [0.05, 0.1) is 7.11 Å². The van der Waals surface area contributed by atoms with Crippen molar-refractivity contribution in [3.05, 3.63) is 29.6 Å². The highest BCUT2D eigenvalue weighted by Gasteiger charge is 2.42. The van der Waals surface area contributed by atoms with Crippen LogP contribution in [0, 0.1) is 11.2 Å². The number of hydrogen-bond donors (Lipinski definition) is 1. The van der Waals surface area contributed by atoms with Gasteiger partial charge < -0.3 is 9.84 Å². The van der Waals surface area contributed by atoms with Crippen molar-refractivity contribution in [1.82, 2.24) is 0 Å². The van der Waals surface area contributed by atoms with E-state index in [2.05, 4.69) is 13.8 Å². The second kappa shape index (κ2) is 4.74.